The van der Waals surface area contributed by atoms with E-state index < -0.39 is 65.2 Å². The molecule has 2 unspecified atom stereocenters. The molecule has 19 heteroatoms. The maximum atomic E-state index is 12.2. The molecule has 1 aliphatic heterocycles. The van der Waals surface area contributed by atoms with Gasteiger partial charge in [-0.1, -0.05) is 12.2 Å². The minimum atomic E-state index is -5.72. The Bertz CT molecular complexity index is 1190. The van der Waals surface area contributed by atoms with Crippen LogP contribution in [0, 0.1) is 12.8 Å². The second-order valence-corrected chi connectivity index (χ2v) is 11.5. The van der Waals surface area contributed by atoms with E-state index in [4.69, 9.17) is 14.5 Å². The average molecular weight is 520 g/mol. The van der Waals surface area contributed by atoms with Crippen molar-refractivity contribution in [3.05, 3.63) is 44.8 Å². The summed E-state index contributed by atoms with van der Waals surface area (Å²) in [6.07, 6.45) is 1.69. The van der Waals surface area contributed by atoms with Crippen LogP contribution in [0.4, 0.5) is 0 Å². The van der Waals surface area contributed by atoms with E-state index in [9.17, 15) is 38.2 Å². The maximum Gasteiger partial charge on any atom is 0.490 e. The van der Waals surface area contributed by atoms with Crippen molar-refractivity contribution >= 4 is 23.5 Å². The molecular weight excluding hydrogens is 501 g/mol. The normalized spacial score (nSPS) is 31.2. The summed E-state index contributed by atoms with van der Waals surface area (Å²) in [4.78, 5) is 61.9. The van der Waals surface area contributed by atoms with E-state index in [0.717, 1.165) is 4.57 Å². The molecule has 0 aromatic carbocycles. The third-order valence-corrected chi connectivity index (χ3v) is 8.50. The van der Waals surface area contributed by atoms with E-state index in [0.29, 0.717) is 0 Å². The van der Waals surface area contributed by atoms with Crippen molar-refractivity contribution in [2.75, 3.05) is 6.61 Å². The van der Waals surface area contributed by atoms with Crippen LogP contribution in [0.15, 0.2) is 27.9 Å². The molecule has 1 fully saturated rings. The average Bonchev–Trinajstić information content (AvgIpc) is 2.75. The molecule has 1 aliphatic carbocycles. The van der Waals surface area contributed by atoms with Crippen molar-refractivity contribution < 1.29 is 56.3 Å². The van der Waals surface area contributed by atoms with Gasteiger partial charge < -0.3 is 29.4 Å². The van der Waals surface area contributed by atoms with Crippen LogP contribution in [0.1, 0.15) is 18.2 Å². The summed E-state index contributed by atoms with van der Waals surface area (Å²) < 4.78 is 52.9. The molecule has 2 aliphatic rings. The van der Waals surface area contributed by atoms with E-state index in [-0.39, 0.29) is 12.0 Å². The molecule has 2 bridgehead atoms. The highest BCUT2D eigenvalue weighted by Gasteiger charge is 2.57. The number of aromatic nitrogens is 2. The zero-order valence-corrected chi connectivity index (χ0v) is 18.8. The minimum absolute atomic E-state index is 0.0754. The molecule has 6 N–H and O–H groups in total. The van der Waals surface area contributed by atoms with Gasteiger partial charge in [0, 0.05) is 11.8 Å². The number of rotatable bonds is 8. The molecular formula is C13H19N2O14P3. The highest BCUT2D eigenvalue weighted by atomic mass is 31.3. The van der Waals surface area contributed by atoms with Crippen LogP contribution in [0.5, 0.6) is 0 Å². The van der Waals surface area contributed by atoms with Crippen LogP contribution < -0.4 is 11.2 Å². The fourth-order valence-corrected chi connectivity index (χ4v) is 6.46. The number of phosphoric acid groups is 3. The molecule has 32 heavy (non-hydrogen) atoms. The molecule has 16 nitrogen and oxygen atoms in total. The highest BCUT2D eigenvalue weighted by molar-refractivity contribution is 7.66. The Morgan fingerprint density at radius 1 is 1.19 bits per heavy atom. The molecule has 0 radical (unpaired) electrons. The first-order valence-electron chi connectivity index (χ1n) is 8.67. The summed E-state index contributed by atoms with van der Waals surface area (Å²) in [5, 5.41) is 10.7. The number of aliphatic hydroxyl groups excluding tert-OH is 1. The van der Waals surface area contributed by atoms with Gasteiger partial charge in [0.05, 0.1) is 18.6 Å². The number of aromatic amines is 1. The summed E-state index contributed by atoms with van der Waals surface area (Å²) in [6.45, 7) is 0.541. The van der Waals surface area contributed by atoms with E-state index in [1.165, 1.54) is 19.2 Å². The molecule has 3 rings (SSSR count). The van der Waals surface area contributed by atoms with Gasteiger partial charge in [0.25, 0.3) is 5.56 Å². The lowest BCUT2D eigenvalue weighted by Crippen LogP contribution is -2.46. The number of hydrogen-bond donors (Lipinski definition) is 6. The molecule has 2 heterocycles. The van der Waals surface area contributed by atoms with Gasteiger partial charge in [-0.05, 0) is 13.3 Å². The Balaban J connectivity index is 1.81. The van der Waals surface area contributed by atoms with Crippen LogP contribution in [0.2, 0.25) is 0 Å². The van der Waals surface area contributed by atoms with Crippen LogP contribution in [0.25, 0.3) is 0 Å². The zero-order valence-electron chi connectivity index (χ0n) is 16.1. The Morgan fingerprint density at radius 3 is 2.47 bits per heavy atom. The SMILES string of the molecule is Cc1cn([C@@H]2O[C@@]3(COP(=O)(O)OP(=O)(O)OP(=O)(O)O)CC=C[C@@H]2[C@@H]3O)c(=O)[nH]c1=O. The van der Waals surface area contributed by atoms with Crippen molar-refractivity contribution in [1.82, 2.24) is 9.55 Å². The van der Waals surface area contributed by atoms with Crippen molar-refractivity contribution in [1.29, 1.82) is 0 Å². The van der Waals surface area contributed by atoms with Gasteiger partial charge in [-0.2, -0.15) is 8.62 Å². The predicted octanol–water partition coefficient (Wildman–Crippen LogP) is -0.607. The van der Waals surface area contributed by atoms with Crippen molar-refractivity contribution in [2.45, 2.75) is 31.3 Å². The first-order chi connectivity index (χ1) is 14.5. The summed E-state index contributed by atoms with van der Waals surface area (Å²) >= 11 is 0. The molecule has 0 spiro atoms. The summed E-state index contributed by atoms with van der Waals surface area (Å²) in [7, 11) is -16.7. The Labute approximate surface area is 178 Å². The van der Waals surface area contributed by atoms with Crippen molar-refractivity contribution in [2.24, 2.45) is 5.92 Å². The number of nitrogens with zero attached hydrogens (tertiary/aromatic N) is 1. The Hall–Kier alpha value is -1.25. The molecule has 0 amide bonds. The third-order valence-electron chi connectivity index (χ3n) is 4.72. The summed E-state index contributed by atoms with van der Waals surface area (Å²) in [6, 6.07) is 0. The van der Waals surface area contributed by atoms with Crippen LogP contribution in [0.3, 0.4) is 0 Å². The lowest BCUT2D eigenvalue weighted by Gasteiger charge is -2.33. The second kappa shape index (κ2) is 8.51. The summed E-state index contributed by atoms with van der Waals surface area (Å²) in [5.74, 6) is -0.837. The largest absolute Gasteiger partial charge is 0.490 e. The second-order valence-electron chi connectivity index (χ2n) is 7.07. The third kappa shape index (κ3) is 5.45. The topological polar surface area (TPSA) is 244 Å². The smallest absolute Gasteiger partial charge is 0.389 e. The number of hydrogen-bond acceptors (Lipinski definition) is 10. The fraction of sp³-hybridized carbons (Fsp3) is 0.538. The van der Waals surface area contributed by atoms with Crippen molar-refractivity contribution in [3.8, 4) is 0 Å². The van der Waals surface area contributed by atoms with Gasteiger partial charge >= 0.3 is 29.2 Å². The van der Waals surface area contributed by atoms with Crippen LogP contribution in [-0.4, -0.2) is 52.5 Å². The van der Waals surface area contributed by atoms with Crippen LogP contribution >= 0.6 is 23.5 Å². The molecule has 1 aromatic rings. The molecule has 1 saturated heterocycles. The number of H-pyrrole nitrogens is 1. The number of fused-ring (bicyclic) bond motifs is 2. The molecule has 1 aromatic heterocycles. The Morgan fingerprint density at radius 2 is 1.84 bits per heavy atom. The fourth-order valence-electron chi connectivity index (χ4n) is 3.38. The lowest BCUT2D eigenvalue weighted by molar-refractivity contribution is -0.124. The highest BCUT2D eigenvalue weighted by Crippen LogP contribution is 2.66. The zero-order chi connectivity index (χ0) is 24.1. The van der Waals surface area contributed by atoms with Gasteiger partial charge in [0.2, 0.25) is 0 Å². The number of aryl methyl sites for hydroxylation is 1. The van der Waals surface area contributed by atoms with Crippen LogP contribution in [-0.2, 0) is 31.6 Å². The Kier molecular flexibility index (Phi) is 6.75. The van der Waals surface area contributed by atoms with Gasteiger partial charge in [0.15, 0.2) is 0 Å². The van der Waals surface area contributed by atoms with E-state index in [1.54, 1.807) is 6.08 Å². The van der Waals surface area contributed by atoms with E-state index in [2.05, 4.69) is 18.1 Å². The predicted molar refractivity (Wildman–Crippen MR) is 102 cm³/mol. The standard InChI is InChI=1S/C13H19N2O14P3/c1-7-5-15(12(18)14-10(7)17)11-8-3-2-4-13(27-11,9(8)16)6-26-31(22,23)29-32(24,25)28-30(19,20)21/h2-3,5,8-9,11,16H,4,6H2,1H3,(H,22,23)(H,24,25)(H,14,17,18)(H2,19,20,21)/t8-,9+,11-,13-/m1/s1. The molecule has 0 saturated carbocycles. The maximum absolute atomic E-state index is 12.2. The van der Waals surface area contributed by atoms with Gasteiger partial charge in [0.1, 0.15) is 11.8 Å². The first kappa shape index (κ1) is 25.4. The lowest BCUT2D eigenvalue weighted by atomic mass is 9.83. The number of nitrogens with one attached hydrogen (secondary N) is 1. The number of ether oxygens (including phenoxy) is 1. The molecule has 180 valence electrons. The van der Waals surface area contributed by atoms with Gasteiger partial charge in [-0.25, -0.2) is 18.5 Å². The molecule has 6 atom stereocenters. The first-order valence-corrected chi connectivity index (χ1v) is 13.2. The summed E-state index contributed by atoms with van der Waals surface area (Å²) in [5.41, 5.74) is -2.98. The monoisotopic (exact) mass is 520 g/mol. The number of aliphatic hydroxyl groups is 1. The van der Waals surface area contributed by atoms with E-state index in [1.807, 2.05) is 0 Å². The quantitative estimate of drug-likeness (QED) is 0.185. The van der Waals surface area contributed by atoms with Gasteiger partial charge in [-0.3, -0.25) is 18.9 Å². The number of phosphoric ester groups is 1. The van der Waals surface area contributed by atoms with Crippen molar-refractivity contribution in [3.63, 3.8) is 0 Å². The minimum Gasteiger partial charge on any atom is -0.389 e. The van der Waals surface area contributed by atoms with Gasteiger partial charge in [-0.15, -0.1) is 0 Å². The van der Waals surface area contributed by atoms with E-state index >= 15 is 0 Å².